The molecule has 33 heavy (non-hydrogen) atoms. The fraction of sp³-hybridized carbons (Fsp3) is 0.500. The Bertz CT molecular complexity index is 875. The predicted octanol–water partition coefficient (Wildman–Crippen LogP) is 3.34. The van der Waals surface area contributed by atoms with E-state index in [0.717, 1.165) is 16.9 Å². The molecule has 4 N–H and O–H groups in total. The molecule has 0 aliphatic heterocycles. The fourth-order valence-electron chi connectivity index (χ4n) is 3.23. The average Bonchev–Trinajstić information content (AvgIpc) is 3.33. The van der Waals surface area contributed by atoms with Crippen molar-refractivity contribution in [1.82, 2.24) is 10.6 Å². The highest BCUT2D eigenvalue weighted by molar-refractivity contribution is 7.98. The zero-order chi connectivity index (χ0) is 24.2. The fourth-order valence-corrected chi connectivity index (χ4v) is 3.80. The molecule has 0 fully saturated rings. The van der Waals surface area contributed by atoms with Gasteiger partial charge in [-0.3, -0.25) is 9.59 Å². The number of hydrogen-bond donors (Lipinski definition) is 4. The van der Waals surface area contributed by atoms with E-state index in [1.807, 2.05) is 38.3 Å². The number of carbonyl (C=O) groups excluding carboxylic acids is 2. The second-order valence-electron chi connectivity index (χ2n) is 8.14. The molecular weight excluding hydrogens is 458 g/mol. The van der Waals surface area contributed by atoms with E-state index in [2.05, 4.69) is 23.3 Å². The molecule has 182 valence electrons. The Balaban J connectivity index is 2.12. The number of hydrogen-bond acceptors (Lipinski definition) is 7. The average molecular weight is 494 g/mol. The van der Waals surface area contributed by atoms with Gasteiger partial charge in [-0.15, -0.1) is 0 Å². The topological polar surface area (TPSA) is 107 Å². The summed E-state index contributed by atoms with van der Waals surface area (Å²) in [6.45, 7) is 5.09. The third kappa shape index (κ3) is 9.08. The number of rotatable bonds is 14. The molecule has 2 atom stereocenters. The normalized spacial score (nSPS) is 13.0. The lowest BCUT2D eigenvalue weighted by Crippen LogP contribution is -2.47. The van der Waals surface area contributed by atoms with Crippen molar-refractivity contribution in [3.05, 3.63) is 59.0 Å². The lowest BCUT2D eigenvalue weighted by molar-refractivity contribution is -0.123. The minimum atomic E-state index is -0.645. The van der Waals surface area contributed by atoms with Crippen LogP contribution in [0.5, 0.6) is 0 Å². The second-order valence-corrected chi connectivity index (χ2v) is 9.49. The minimum Gasteiger partial charge on any atom is -0.467 e. The number of thioether (sulfide) groups is 1. The van der Waals surface area contributed by atoms with E-state index in [9.17, 15) is 9.59 Å². The molecule has 1 aromatic carbocycles. The predicted molar refractivity (Wildman–Crippen MR) is 137 cm³/mol. The van der Waals surface area contributed by atoms with Gasteiger partial charge in [-0.05, 0) is 53.7 Å². The summed E-state index contributed by atoms with van der Waals surface area (Å²) in [4.78, 5) is 26.1. The molecule has 1 heterocycles. The minimum absolute atomic E-state index is 0.136. The number of amides is 2. The highest BCUT2D eigenvalue weighted by Gasteiger charge is 2.23. The monoisotopic (exact) mass is 493 g/mol. The number of thiol groups is 1. The standard InChI is InChI=1S/C24H35N3O4S2/c1-16(2)20-7-6-17(13-30-14-18(25)15-32)11-21(20)23(28)27-22(8-10-33-3)24(29)26-12-19-5-4-9-31-19/h4-7,9,11,16,18,22,32H,8,10,12-15,25H2,1-3H3,(H,26,29)(H,27,28). The van der Waals surface area contributed by atoms with Crippen LogP contribution in [0.2, 0.25) is 0 Å². The van der Waals surface area contributed by atoms with E-state index >= 15 is 0 Å². The summed E-state index contributed by atoms with van der Waals surface area (Å²) in [5, 5.41) is 5.79. The number of nitrogens with two attached hydrogens (primary N) is 1. The SMILES string of the molecule is CSCCC(NC(=O)c1cc(COCC(N)CS)ccc1C(C)C)C(=O)NCc1ccco1. The number of benzene rings is 1. The van der Waals surface area contributed by atoms with Crippen molar-refractivity contribution in [2.75, 3.05) is 24.4 Å². The van der Waals surface area contributed by atoms with Crippen LogP contribution in [-0.4, -0.2) is 48.3 Å². The molecule has 2 aromatic rings. The van der Waals surface area contributed by atoms with Gasteiger partial charge in [-0.25, -0.2) is 0 Å². The smallest absolute Gasteiger partial charge is 0.252 e. The van der Waals surface area contributed by atoms with Gasteiger partial charge in [0.05, 0.1) is 26.0 Å². The Morgan fingerprint density at radius 1 is 1.27 bits per heavy atom. The van der Waals surface area contributed by atoms with Crippen LogP contribution in [-0.2, 0) is 22.7 Å². The molecule has 7 nitrogen and oxygen atoms in total. The highest BCUT2D eigenvalue weighted by atomic mass is 32.2. The third-order valence-electron chi connectivity index (χ3n) is 5.07. The summed E-state index contributed by atoms with van der Waals surface area (Å²) >= 11 is 5.79. The van der Waals surface area contributed by atoms with Gasteiger partial charge in [0.1, 0.15) is 11.8 Å². The van der Waals surface area contributed by atoms with Crippen molar-refractivity contribution in [2.24, 2.45) is 5.73 Å². The van der Waals surface area contributed by atoms with E-state index in [1.165, 1.54) is 0 Å². The van der Waals surface area contributed by atoms with Crippen molar-refractivity contribution in [2.45, 2.75) is 51.4 Å². The van der Waals surface area contributed by atoms with E-state index < -0.39 is 6.04 Å². The first kappa shape index (κ1) is 27.3. The molecule has 1 aromatic heterocycles. The van der Waals surface area contributed by atoms with Crippen LogP contribution in [0.4, 0.5) is 0 Å². The number of carbonyl (C=O) groups is 2. The Kier molecular flexibility index (Phi) is 11.9. The summed E-state index contributed by atoms with van der Waals surface area (Å²) in [6.07, 6.45) is 4.06. The van der Waals surface area contributed by atoms with Crippen molar-refractivity contribution >= 4 is 36.2 Å². The van der Waals surface area contributed by atoms with Gasteiger partial charge in [0.25, 0.3) is 5.91 Å². The second kappa shape index (κ2) is 14.3. The summed E-state index contributed by atoms with van der Waals surface area (Å²) in [5.41, 5.74) is 8.19. The van der Waals surface area contributed by atoms with Crippen molar-refractivity contribution < 1.29 is 18.7 Å². The maximum atomic E-state index is 13.3. The van der Waals surface area contributed by atoms with E-state index in [1.54, 1.807) is 30.2 Å². The first-order valence-corrected chi connectivity index (χ1v) is 13.0. The van der Waals surface area contributed by atoms with Gasteiger partial charge in [0, 0.05) is 17.4 Å². The van der Waals surface area contributed by atoms with Gasteiger partial charge < -0.3 is 25.5 Å². The van der Waals surface area contributed by atoms with Crippen LogP contribution in [0.25, 0.3) is 0 Å². The first-order valence-electron chi connectivity index (χ1n) is 11.0. The Labute approximate surface area is 206 Å². The van der Waals surface area contributed by atoms with Crippen LogP contribution in [0.15, 0.2) is 41.0 Å². The van der Waals surface area contributed by atoms with E-state index in [0.29, 0.717) is 36.7 Å². The van der Waals surface area contributed by atoms with Gasteiger partial charge in [0.15, 0.2) is 0 Å². The van der Waals surface area contributed by atoms with Gasteiger partial charge in [-0.1, -0.05) is 26.0 Å². The van der Waals surface area contributed by atoms with Crippen molar-refractivity contribution in [3.63, 3.8) is 0 Å². The molecule has 2 unspecified atom stereocenters. The molecule has 0 aliphatic carbocycles. The zero-order valence-corrected chi connectivity index (χ0v) is 21.2. The summed E-state index contributed by atoms with van der Waals surface area (Å²) < 4.78 is 10.9. The molecule has 0 aliphatic rings. The van der Waals surface area contributed by atoms with E-state index in [-0.39, 0.29) is 30.3 Å². The molecule has 0 saturated carbocycles. The molecule has 2 rings (SSSR count). The molecule has 0 spiro atoms. The lowest BCUT2D eigenvalue weighted by Gasteiger charge is -2.20. The molecule has 9 heteroatoms. The molecule has 0 bridgehead atoms. The molecular formula is C24H35N3O4S2. The molecule has 2 amide bonds. The zero-order valence-electron chi connectivity index (χ0n) is 19.5. The maximum absolute atomic E-state index is 13.3. The number of ether oxygens (including phenoxy) is 1. The number of nitrogens with one attached hydrogen (secondary N) is 2. The third-order valence-corrected chi connectivity index (χ3v) is 6.18. The quantitative estimate of drug-likeness (QED) is 0.301. The lowest BCUT2D eigenvalue weighted by atomic mass is 9.94. The first-order chi connectivity index (χ1) is 15.8. The molecule has 0 saturated heterocycles. The summed E-state index contributed by atoms with van der Waals surface area (Å²) in [6, 6.07) is 8.52. The maximum Gasteiger partial charge on any atom is 0.252 e. The van der Waals surface area contributed by atoms with Crippen LogP contribution >= 0.6 is 24.4 Å². The summed E-state index contributed by atoms with van der Waals surface area (Å²) in [5.74, 6) is 1.59. The van der Waals surface area contributed by atoms with Crippen LogP contribution in [0.3, 0.4) is 0 Å². The number of furan rings is 1. The van der Waals surface area contributed by atoms with E-state index in [4.69, 9.17) is 14.9 Å². The van der Waals surface area contributed by atoms with Crippen LogP contribution < -0.4 is 16.4 Å². The Hall–Kier alpha value is -1.94. The molecule has 0 radical (unpaired) electrons. The highest BCUT2D eigenvalue weighted by Crippen LogP contribution is 2.22. The largest absolute Gasteiger partial charge is 0.467 e. The van der Waals surface area contributed by atoms with Gasteiger partial charge in [-0.2, -0.15) is 24.4 Å². The van der Waals surface area contributed by atoms with Gasteiger partial charge in [0.2, 0.25) is 5.91 Å². The van der Waals surface area contributed by atoms with Crippen LogP contribution in [0, 0.1) is 0 Å². The van der Waals surface area contributed by atoms with Crippen molar-refractivity contribution in [1.29, 1.82) is 0 Å². The van der Waals surface area contributed by atoms with Crippen molar-refractivity contribution in [3.8, 4) is 0 Å². The van der Waals surface area contributed by atoms with Crippen LogP contribution in [0.1, 0.15) is 53.4 Å². The Morgan fingerprint density at radius 2 is 2.06 bits per heavy atom. The Morgan fingerprint density at radius 3 is 2.70 bits per heavy atom. The summed E-state index contributed by atoms with van der Waals surface area (Å²) in [7, 11) is 0. The van der Waals surface area contributed by atoms with Gasteiger partial charge >= 0.3 is 0 Å².